The monoisotopic (exact) mass is 320 g/mol. The number of nitro benzene ring substituents is 1. The van der Waals surface area contributed by atoms with Gasteiger partial charge >= 0.3 is 0 Å². The van der Waals surface area contributed by atoms with Crippen molar-refractivity contribution in [3.05, 3.63) is 33.4 Å². The SMILES string of the molecule is CC[C@@H]1CC(=O)CCN1C(=O)c1cc(OC)c(C)cc1[N+](=O)[O-]. The number of piperidine rings is 1. The highest BCUT2D eigenvalue weighted by molar-refractivity contribution is 6.00. The summed E-state index contributed by atoms with van der Waals surface area (Å²) in [6.07, 6.45) is 1.23. The first kappa shape index (κ1) is 16.9. The molecule has 0 radical (unpaired) electrons. The van der Waals surface area contributed by atoms with Crippen LogP contribution in [0.15, 0.2) is 12.1 Å². The number of carbonyl (C=O) groups excluding carboxylic acids is 2. The zero-order chi connectivity index (χ0) is 17.1. The summed E-state index contributed by atoms with van der Waals surface area (Å²) in [5, 5.41) is 11.3. The molecule has 1 heterocycles. The van der Waals surface area contributed by atoms with Gasteiger partial charge in [0.05, 0.1) is 12.0 Å². The second-order valence-corrected chi connectivity index (χ2v) is 5.65. The number of hydrogen-bond acceptors (Lipinski definition) is 5. The molecular weight excluding hydrogens is 300 g/mol. The fraction of sp³-hybridized carbons (Fsp3) is 0.500. The summed E-state index contributed by atoms with van der Waals surface area (Å²) in [6, 6.07) is 2.55. The number of Topliss-reactive ketones (excluding diaryl/α,β-unsaturated/α-hetero) is 1. The van der Waals surface area contributed by atoms with Gasteiger partial charge in [0.2, 0.25) is 0 Å². The van der Waals surface area contributed by atoms with E-state index in [4.69, 9.17) is 4.74 Å². The van der Waals surface area contributed by atoms with Crippen LogP contribution in [0.1, 0.15) is 42.1 Å². The van der Waals surface area contributed by atoms with Crippen molar-refractivity contribution in [3.8, 4) is 5.75 Å². The van der Waals surface area contributed by atoms with Crippen LogP contribution < -0.4 is 4.74 Å². The first-order valence-corrected chi connectivity index (χ1v) is 7.54. The molecule has 0 spiro atoms. The molecule has 1 saturated heterocycles. The molecule has 0 saturated carbocycles. The molecule has 1 atom stereocenters. The maximum atomic E-state index is 12.8. The Morgan fingerprint density at radius 1 is 1.48 bits per heavy atom. The molecule has 23 heavy (non-hydrogen) atoms. The van der Waals surface area contributed by atoms with Crippen molar-refractivity contribution < 1.29 is 19.2 Å². The van der Waals surface area contributed by atoms with Crippen LogP contribution in [-0.4, -0.2) is 41.2 Å². The normalized spacial score (nSPS) is 18.0. The first-order chi connectivity index (χ1) is 10.9. The average molecular weight is 320 g/mol. The van der Waals surface area contributed by atoms with Crippen molar-refractivity contribution in [2.45, 2.75) is 39.2 Å². The number of aryl methyl sites for hydroxylation is 1. The Kier molecular flexibility index (Phi) is 4.98. The Morgan fingerprint density at radius 2 is 2.17 bits per heavy atom. The van der Waals surface area contributed by atoms with Crippen LogP contribution >= 0.6 is 0 Å². The lowest BCUT2D eigenvalue weighted by atomic mass is 9.97. The molecule has 1 aromatic rings. The van der Waals surface area contributed by atoms with Crippen LogP contribution in [-0.2, 0) is 4.79 Å². The molecule has 1 fully saturated rings. The van der Waals surface area contributed by atoms with E-state index in [-0.39, 0.29) is 23.1 Å². The van der Waals surface area contributed by atoms with Crippen LogP contribution in [0.3, 0.4) is 0 Å². The van der Waals surface area contributed by atoms with Gasteiger partial charge in [0, 0.05) is 37.6 Å². The van der Waals surface area contributed by atoms with Gasteiger partial charge in [-0.1, -0.05) is 6.92 Å². The number of nitro groups is 1. The number of amides is 1. The van der Waals surface area contributed by atoms with Crippen molar-refractivity contribution in [1.29, 1.82) is 0 Å². The Hall–Kier alpha value is -2.44. The molecule has 2 rings (SSSR count). The minimum Gasteiger partial charge on any atom is -0.496 e. The third kappa shape index (κ3) is 3.33. The van der Waals surface area contributed by atoms with Crippen molar-refractivity contribution in [2.24, 2.45) is 0 Å². The van der Waals surface area contributed by atoms with E-state index in [2.05, 4.69) is 0 Å². The van der Waals surface area contributed by atoms with Crippen molar-refractivity contribution in [3.63, 3.8) is 0 Å². The summed E-state index contributed by atoms with van der Waals surface area (Å²) in [4.78, 5) is 36.7. The highest BCUT2D eigenvalue weighted by atomic mass is 16.6. The zero-order valence-electron chi connectivity index (χ0n) is 13.5. The zero-order valence-corrected chi connectivity index (χ0v) is 13.5. The fourth-order valence-corrected chi connectivity index (χ4v) is 2.90. The van der Waals surface area contributed by atoms with Gasteiger partial charge in [-0.3, -0.25) is 19.7 Å². The van der Waals surface area contributed by atoms with E-state index in [0.717, 1.165) is 0 Å². The summed E-state index contributed by atoms with van der Waals surface area (Å²) in [6.45, 7) is 3.88. The van der Waals surface area contributed by atoms with E-state index < -0.39 is 10.8 Å². The standard InChI is InChI=1S/C16H20N2O5/c1-4-11-8-12(19)5-6-17(11)16(20)13-9-15(23-3)10(2)7-14(13)18(21)22/h7,9,11H,4-6,8H2,1-3H3/t11-/m1/s1. The minimum atomic E-state index is -0.560. The molecule has 124 valence electrons. The number of benzene rings is 1. The maximum Gasteiger partial charge on any atom is 0.282 e. The molecule has 1 aliphatic heterocycles. The molecule has 7 nitrogen and oxygen atoms in total. The van der Waals surface area contributed by atoms with Crippen molar-refractivity contribution in [1.82, 2.24) is 4.90 Å². The smallest absolute Gasteiger partial charge is 0.282 e. The van der Waals surface area contributed by atoms with Crippen LogP contribution in [0.2, 0.25) is 0 Å². The van der Waals surface area contributed by atoms with Crippen molar-refractivity contribution >= 4 is 17.4 Å². The van der Waals surface area contributed by atoms with E-state index in [1.807, 2.05) is 6.92 Å². The van der Waals surface area contributed by atoms with Gasteiger partial charge in [0.1, 0.15) is 17.1 Å². The van der Waals surface area contributed by atoms with Crippen LogP contribution in [0.4, 0.5) is 5.69 Å². The first-order valence-electron chi connectivity index (χ1n) is 7.54. The minimum absolute atomic E-state index is 0.00486. The number of methoxy groups -OCH3 is 1. The van der Waals surface area contributed by atoms with Gasteiger partial charge in [-0.15, -0.1) is 0 Å². The van der Waals surface area contributed by atoms with Crippen LogP contribution in [0.5, 0.6) is 5.75 Å². The summed E-state index contributed by atoms with van der Waals surface area (Å²) in [5.41, 5.74) is 0.363. The van der Waals surface area contributed by atoms with Gasteiger partial charge in [-0.2, -0.15) is 0 Å². The largest absolute Gasteiger partial charge is 0.496 e. The lowest BCUT2D eigenvalue weighted by Crippen LogP contribution is -2.46. The van der Waals surface area contributed by atoms with E-state index in [9.17, 15) is 19.7 Å². The topological polar surface area (TPSA) is 89.8 Å². The fourth-order valence-electron chi connectivity index (χ4n) is 2.90. The number of carbonyl (C=O) groups is 2. The molecular formula is C16H20N2O5. The summed E-state index contributed by atoms with van der Waals surface area (Å²) in [7, 11) is 1.46. The number of nitrogens with zero attached hydrogens (tertiary/aromatic N) is 2. The Morgan fingerprint density at radius 3 is 2.74 bits per heavy atom. The van der Waals surface area contributed by atoms with E-state index in [0.29, 0.717) is 37.1 Å². The highest BCUT2D eigenvalue weighted by Crippen LogP contribution is 2.31. The molecule has 1 amide bonds. The van der Waals surface area contributed by atoms with Crippen LogP contribution in [0, 0.1) is 17.0 Å². The van der Waals surface area contributed by atoms with Gasteiger partial charge in [-0.25, -0.2) is 0 Å². The quantitative estimate of drug-likeness (QED) is 0.628. The van der Waals surface area contributed by atoms with Gasteiger partial charge in [-0.05, 0) is 18.9 Å². The number of ketones is 1. The second-order valence-electron chi connectivity index (χ2n) is 5.65. The third-order valence-electron chi connectivity index (χ3n) is 4.21. The number of likely N-dealkylation sites (tertiary alicyclic amines) is 1. The highest BCUT2D eigenvalue weighted by Gasteiger charge is 2.33. The third-order valence-corrected chi connectivity index (χ3v) is 4.21. The molecule has 0 N–H and O–H groups in total. The lowest BCUT2D eigenvalue weighted by Gasteiger charge is -2.34. The molecule has 1 aromatic carbocycles. The number of ether oxygens (including phenoxy) is 1. The van der Waals surface area contributed by atoms with E-state index >= 15 is 0 Å². The molecule has 1 aliphatic rings. The average Bonchev–Trinajstić information content (AvgIpc) is 2.53. The van der Waals surface area contributed by atoms with Gasteiger partial charge < -0.3 is 9.64 Å². The van der Waals surface area contributed by atoms with E-state index in [1.165, 1.54) is 19.2 Å². The molecule has 0 unspecified atom stereocenters. The Balaban J connectivity index is 2.45. The van der Waals surface area contributed by atoms with E-state index in [1.54, 1.807) is 11.8 Å². The maximum absolute atomic E-state index is 12.8. The molecule has 7 heteroatoms. The summed E-state index contributed by atoms with van der Waals surface area (Å²) >= 11 is 0. The van der Waals surface area contributed by atoms with Gasteiger partial charge in [0.15, 0.2) is 0 Å². The number of rotatable bonds is 4. The number of hydrogen-bond donors (Lipinski definition) is 0. The van der Waals surface area contributed by atoms with Gasteiger partial charge in [0.25, 0.3) is 11.6 Å². The lowest BCUT2D eigenvalue weighted by molar-refractivity contribution is -0.385. The summed E-state index contributed by atoms with van der Waals surface area (Å²) < 4.78 is 5.18. The Labute approximate surface area is 134 Å². The predicted octanol–water partition coefficient (Wildman–Crippen LogP) is 2.50. The predicted molar refractivity (Wildman–Crippen MR) is 83.7 cm³/mol. The summed E-state index contributed by atoms with van der Waals surface area (Å²) in [5.74, 6) is 0.131. The molecule has 0 bridgehead atoms. The van der Waals surface area contributed by atoms with Crippen LogP contribution in [0.25, 0.3) is 0 Å². The molecule has 0 aliphatic carbocycles. The second kappa shape index (κ2) is 6.76. The van der Waals surface area contributed by atoms with Crippen molar-refractivity contribution in [2.75, 3.05) is 13.7 Å². The molecule has 0 aromatic heterocycles. The Bertz CT molecular complexity index is 656.